The molecule has 0 unspecified atom stereocenters. The number of unbranched alkanes of at least 4 members (excludes halogenated alkanes) is 1. The Bertz CT molecular complexity index is 1070. The number of nitrogens with two attached hydrogens (primary N) is 1. The first-order valence-corrected chi connectivity index (χ1v) is 10.1. The Kier molecular flexibility index (Phi) is 6.46. The lowest BCUT2D eigenvalue weighted by molar-refractivity contribution is -0.142. The average molecular weight is 514 g/mol. The normalized spacial score (nSPS) is 12.7. The van der Waals surface area contributed by atoms with Crippen LogP contribution in [-0.2, 0) is 18.8 Å². The topological polar surface area (TPSA) is 41.8 Å². The summed E-state index contributed by atoms with van der Waals surface area (Å²) in [5.74, 6) is 0. The van der Waals surface area contributed by atoms with Gasteiger partial charge < -0.3 is 10.7 Å². The van der Waals surface area contributed by atoms with Gasteiger partial charge in [0.25, 0.3) is 0 Å². The maximum absolute atomic E-state index is 13.8. The fourth-order valence-corrected chi connectivity index (χ4v) is 3.98. The summed E-state index contributed by atoms with van der Waals surface area (Å²) in [5, 5.41) is -0.0204. The number of hydrogen-bond donors (Lipinski definition) is 2. The van der Waals surface area contributed by atoms with E-state index in [-0.39, 0.29) is 39.7 Å². The Morgan fingerprint density at radius 2 is 1.67 bits per heavy atom. The van der Waals surface area contributed by atoms with Gasteiger partial charge >= 0.3 is 12.4 Å². The Labute approximate surface area is 181 Å². The molecule has 162 valence electrons. The van der Waals surface area contributed by atoms with Crippen LogP contribution in [0.25, 0.3) is 22.2 Å². The van der Waals surface area contributed by atoms with Gasteiger partial charge in [-0.1, -0.05) is 27.5 Å². The van der Waals surface area contributed by atoms with E-state index in [2.05, 4.69) is 20.9 Å². The summed E-state index contributed by atoms with van der Waals surface area (Å²) in [7, 11) is 0. The molecule has 0 fully saturated rings. The van der Waals surface area contributed by atoms with Crippen LogP contribution in [0.4, 0.5) is 26.3 Å². The van der Waals surface area contributed by atoms with Crippen molar-refractivity contribution in [2.75, 3.05) is 6.54 Å². The van der Waals surface area contributed by atoms with Crippen LogP contribution in [0.5, 0.6) is 0 Å². The number of aromatic amines is 1. The molecule has 0 aliphatic heterocycles. The molecule has 1 heterocycles. The standard InChI is InChI=1S/C20H16BrClF6N2/c21-11-4-5-15(22)13(9-11)18-12(3-1-2-6-29)17-14(20(26,27)28)7-10(19(23,24)25)8-16(17)30-18/h4-5,7-9,30H,1-3,6,29H2. The highest BCUT2D eigenvalue weighted by molar-refractivity contribution is 9.10. The van der Waals surface area contributed by atoms with Crippen LogP contribution in [0.3, 0.4) is 0 Å². The summed E-state index contributed by atoms with van der Waals surface area (Å²) in [5.41, 5.74) is 3.48. The minimum atomic E-state index is -4.97. The van der Waals surface area contributed by atoms with E-state index >= 15 is 0 Å². The molecule has 0 aliphatic carbocycles. The molecule has 0 bridgehead atoms. The number of fused-ring (bicyclic) bond motifs is 1. The number of alkyl halides is 6. The predicted molar refractivity (Wildman–Crippen MR) is 108 cm³/mol. The summed E-state index contributed by atoms with van der Waals surface area (Å²) >= 11 is 9.55. The van der Waals surface area contributed by atoms with Crippen LogP contribution >= 0.6 is 27.5 Å². The fraction of sp³-hybridized carbons (Fsp3) is 0.300. The highest BCUT2D eigenvalue weighted by atomic mass is 79.9. The maximum atomic E-state index is 13.8. The molecule has 3 aromatic rings. The third kappa shape index (κ3) is 4.63. The lowest BCUT2D eigenvalue weighted by atomic mass is 9.96. The zero-order valence-electron chi connectivity index (χ0n) is 15.3. The minimum Gasteiger partial charge on any atom is -0.354 e. The number of halogens is 8. The molecule has 10 heteroatoms. The zero-order valence-corrected chi connectivity index (χ0v) is 17.7. The molecule has 0 amide bonds. The molecule has 3 N–H and O–H groups in total. The maximum Gasteiger partial charge on any atom is 0.417 e. The van der Waals surface area contributed by atoms with Crippen LogP contribution in [0.1, 0.15) is 29.5 Å². The molecule has 3 rings (SSSR count). The van der Waals surface area contributed by atoms with Crippen LogP contribution in [0.15, 0.2) is 34.8 Å². The summed E-state index contributed by atoms with van der Waals surface area (Å²) in [4.78, 5) is 2.76. The molecule has 2 aromatic carbocycles. The molecule has 1 aromatic heterocycles. The zero-order chi connectivity index (χ0) is 22.3. The van der Waals surface area contributed by atoms with E-state index in [9.17, 15) is 26.3 Å². The molecule has 2 nitrogen and oxygen atoms in total. The van der Waals surface area contributed by atoms with Crippen molar-refractivity contribution in [1.82, 2.24) is 4.98 Å². The van der Waals surface area contributed by atoms with Gasteiger partial charge in [0.2, 0.25) is 0 Å². The third-order valence-corrected chi connectivity index (χ3v) is 5.54. The second-order valence-electron chi connectivity index (χ2n) is 6.79. The molecular formula is C20H16BrClF6N2. The van der Waals surface area contributed by atoms with Gasteiger partial charge in [0, 0.05) is 26.0 Å². The third-order valence-electron chi connectivity index (χ3n) is 4.71. The number of H-pyrrole nitrogens is 1. The average Bonchev–Trinajstić information content (AvgIpc) is 3.00. The van der Waals surface area contributed by atoms with E-state index < -0.39 is 23.5 Å². The number of hydrogen-bond acceptors (Lipinski definition) is 1. The number of rotatable bonds is 5. The van der Waals surface area contributed by atoms with Gasteiger partial charge in [-0.05, 0) is 61.7 Å². The van der Waals surface area contributed by atoms with Crippen LogP contribution in [0.2, 0.25) is 5.02 Å². The van der Waals surface area contributed by atoms with E-state index in [1.807, 2.05) is 0 Å². The predicted octanol–water partition coefficient (Wildman–Crippen LogP) is 7.57. The van der Waals surface area contributed by atoms with Gasteiger partial charge in [-0.25, -0.2) is 0 Å². The molecule has 0 radical (unpaired) electrons. The first-order valence-electron chi connectivity index (χ1n) is 8.92. The SMILES string of the molecule is NCCCCc1c(-c2cc(Br)ccc2Cl)[nH]c2cc(C(F)(F)F)cc(C(F)(F)F)c12. The summed E-state index contributed by atoms with van der Waals surface area (Å²) in [6, 6.07) is 5.69. The second kappa shape index (κ2) is 8.43. The van der Waals surface area contributed by atoms with E-state index in [0.29, 0.717) is 35.5 Å². The van der Waals surface area contributed by atoms with Gasteiger partial charge in [-0.3, -0.25) is 0 Å². The van der Waals surface area contributed by atoms with Crippen molar-refractivity contribution in [3.63, 3.8) is 0 Å². The lowest BCUT2D eigenvalue weighted by Crippen LogP contribution is -2.11. The van der Waals surface area contributed by atoms with E-state index in [0.717, 1.165) is 0 Å². The Hall–Kier alpha value is -1.71. The Balaban J connectivity index is 2.38. The Morgan fingerprint density at radius 1 is 0.967 bits per heavy atom. The van der Waals surface area contributed by atoms with Crippen molar-refractivity contribution in [3.8, 4) is 11.3 Å². The van der Waals surface area contributed by atoms with Gasteiger partial charge in [0.1, 0.15) is 0 Å². The van der Waals surface area contributed by atoms with Crippen molar-refractivity contribution in [2.24, 2.45) is 5.73 Å². The monoisotopic (exact) mass is 512 g/mol. The largest absolute Gasteiger partial charge is 0.417 e. The van der Waals surface area contributed by atoms with Gasteiger partial charge in [-0.2, -0.15) is 26.3 Å². The molecule has 0 saturated heterocycles. The van der Waals surface area contributed by atoms with Crippen molar-refractivity contribution in [2.45, 2.75) is 31.6 Å². The second-order valence-corrected chi connectivity index (χ2v) is 8.11. The summed E-state index contributed by atoms with van der Waals surface area (Å²) in [6.45, 7) is 0.347. The molecule has 0 atom stereocenters. The molecular weight excluding hydrogens is 498 g/mol. The molecule has 0 aliphatic rings. The first-order chi connectivity index (χ1) is 13.9. The van der Waals surface area contributed by atoms with Crippen molar-refractivity contribution < 1.29 is 26.3 Å². The van der Waals surface area contributed by atoms with E-state index in [4.69, 9.17) is 17.3 Å². The minimum absolute atomic E-state index is 0.162. The lowest BCUT2D eigenvalue weighted by Gasteiger charge is -2.14. The number of nitrogens with one attached hydrogen (secondary N) is 1. The number of aryl methyl sites for hydroxylation is 1. The van der Waals surface area contributed by atoms with E-state index in [1.54, 1.807) is 18.2 Å². The van der Waals surface area contributed by atoms with Crippen LogP contribution in [-0.4, -0.2) is 11.5 Å². The summed E-state index contributed by atoms with van der Waals surface area (Å²) in [6.07, 6.45) is -8.67. The smallest absolute Gasteiger partial charge is 0.354 e. The van der Waals surface area contributed by atoms with E-state index in [1.165, 1.54) is 0 Å². The number of aromatic nitrogens is 1. The van der Waals surface area contributed by atoms with Crippen LogP contribution < -0.4 is 5.73 Å². The van der Waals surface area contributed by atoms with Gasteiger partial charge in [0.05, 0.1) is 16.8 Å². The molecule has 30 heavy (non-hydrogen) atoms. The Morgan fingerprint density at radius 3 is 2.27 bits per heavy atom. The quantitative estimate of drug-likeness (QED) is 0.268. The van der Waals surface area contributed by atoms with Gasteiger partial charge in [0.15, 0.2) is 0 Å². The fourth-order valence-electron chi connectivity index (χ4n) is 3.40. The highest BCUT2D eigenvalue weighted by Gasteiger charge is 2.39. The van der Waals surface area contributed by atoms with Crippen molar-refractivity contribution in [1.29, 1.82) is 0 Å². The molecule has 0 spiro atoms. The highest BCUT2D eigenvalue weighted by Crippen LogP contribution is 2.45. The first kappa shape index (κ1) is 23.0. The van der Waals surface area contributed by atoms with Crippen molar-refractivity contribution in [3.05, 3.63) is 56.5 Å². The van der Waals surface area contributed by atoms with Gasteiger partial charge in [-0.15, -0.1) is 0 Å². The summed E-state index contributed by atoms with van der Waals surface area (Å²) < 4.78 is 81.7. The number of benzene rings is 2. The molecule has 0 saturated carbocycles. The van der Waals surface area contributed by atoms with Crippen LogP contribution in [0, 0.1) is 0 Å². The van der Waals surface area contributed by atoms with Crippen molar-refractivity contribution >= 4 is 38.4 Å².